The lowest BCUT2D eigenvalue weighted by Crippen LogP contribution is -2.49. The van der Waals surface area contributed by atoms with Gasteiger partial charge in [0.05, 0.1) is 0 Å². The van der Waals surface area contributed by atoms with Crippen molar-refractivity contribution in [2.75, 3.05) is 13.6 Å². The summed E-state index contributed by atoms with van der Waals surface area (Å²) in [6.07, 6.45) is 5.17. The molecule has 0 bridgehead atoms. The average Bonchev–Trinajstić information content (AvgIpc) is 2.77. The first-order chi connectivity index (χ1) is 8.55. The molecule has 2 rings (SSSR count). The van der Waals surface area contributed by atoms with Crippen LogP contribution in [0.1, 0.15) is 42.4 Å². The van der Waals surface area contributed by atoms with Crippen molar-refractivity contribution in [3.63, 3.8) is 0 Å². The van der Waals surface area contributed by atoms with Crippen molar-refractivity contribution >= 4 is 0 Å². The van der Waals surface area contributed by atoms with Gasteiger partial charge in [0.15, 0.2) is 0 Å². The first kappa shape index (κ1) is 13.6. The zero-order valence-electron chi connectivity index (χ0n) is 12.0. The van der Waals surface area contributed by atoms with Crippen LogP contribution in [0.25, 0.3) is 0 Å². The Hall–Kier alpha value is -0.860. The van der Waals surface area contributed by atoms with Gasteiger partial charge in [-0.3, -0.25) is 4.90 Å². The maximum absolute atomic E-state index is 6.04. The van der Waals surface area contributed by atoms with E-state index < -0.39 is 0 Å². The van der Waals surface area contributed by atoms with E-state index >= 15 is 0 Å². The fourth-order valence-electron chi connectivity index (χ4n) is 3.38. The van der Waals surface area contributed by atoms with Crippen LogP contribution in [0.5, 0.6) is 0 Å². The summed E-state index contributed by atoms with van der Waals surface area (Å²) < 4.78 is 0. The fourth-order valence-corrected chi connectivity index (χ4v) is 3.38. The number of aryl methyl sites for hydroxylation is 2. The van der Waals surface area contributed by atoms with Crippen molar-refractivity contribution in [2.24, 2.45) is 5.73 Å². The molecule has 0 unspecified atom stereocenters. The van der Waals surface area contributed by atoms with E-state index in [1.807, 2.05) is 0 Å². The summed E-state index contributed by atoms with van der Waals surface area (Å²) in [6, 6.07) is 6.82. The van der Waals surface area contributed by atoms with E-state index in [-0.39, 0.29) is 5.54 Å². The van der Waals surface area contributed by atoms with Crippen LogP contribution in [0.4, 0.5) is 0 Å². The van der Waals surface area contributed by atoms with Crippen LogP contribution in [0.3, 0.4) is 0 Å². The molecule has 0 heterocycles. The molecule has 0 spiro atoms. The standard InChI is InChI=1S/C16H26N2/c1-13-8-14(2)10-15(9-13)11-18(3)16(12-17)6-4-5-7-16/h8-10H,4-7,11-12,17H2,1-3H3. The van der Waals surface area contributed by atoms with Crippen molar-refractivity contribution in [3.8, 4) is 0 Å². The van der Waals surface area contributed by atoms with E-state index in [1.54, 1.807) is 0 Å². The Morgan fingerprint density at radius 1 is 1.11 bits per heavy atom. The smallest absolute Gasteiger partial charge is 0.0332 e. The number of hydrogen-bond donors (Lipinski definition) is 1. The molecule has 100 valence electrons. The van der Waals surface area contributed by atoms with E-state index in [4.69, 9.17) is 5.73 Å². The van der Waals surface area contributed by atoms with Crippen LogP contribution in [0.15, 0.2) is 18.2 Å². The van der Waals surface area contributed by atoms with Crippen LogP contribution in [0, 0.1) is 13.8 Å². The summed E-state index contributed by atoms with van der Waals surface area (Å²) in [6.45, 7) is 6.14. The Balaban J connectivity index is 2.12. The van der Waals surface area contributed by atoms with Gasteiger partial charge in [-0.1, -0.05) is 42.2 Å². The zero-order valence-corrected chi connectivity index (χ0v) is 12.0. The summed E-state index contributed by atoms with van der Waals surface area (Å²) in [5.41, 5.74) is 10.4. The highest BCUT2D eigenvalue weighted by Crippen LogP contribution is 2.34. The van der Waals surface area contributed by atoms with Crippen LogP contribution in [-0.2, 0) is 6.54 Å². The monoisotopic (exact) mass is 246 g/mol. The second-order valence-corrected chi connectivity index (χ2v) is 5.99. The molecule has 2 nitrogen and oxygen atoms in total. The molecule has 0 atom stereocenters. The molecule has 0 amide bonds. The van der Waals surface area contributed by atoms with Crippen molar-refractivity contribution in [1.29, 1.82) is 0 Å². The third-order valence-corrected chi connectivity index (χ3v) is 4.43. The first-order valence-electron chi connectivity index (χ1n) is 7.04. The van der Waals surface area contributed by atoms with Crippen LogP contribution < -0.4 is 5.73 Å². The van der Waals surface area contributed by atoms with E-state index in [2.05, 4.69) is 44.0 Å². The number of hydrogen-bond acceptors (Lipinski definition) is 2. The Morgan fingerprint density at radius 3 is 2.17 bits per heavy atom. The minimum atomic E-state index is 0.248. The summed E-state index contributed by atoms with van der Waals surface area (Å²) in [5.74, 6) is 0. The van der Waals surface area contributed by atoms with Gasteiger partial charge in [0.2, 0.25) is 0 Å². The molecule has 1 aliphatic rings. The van der Waals surface area contributed by atoms with Gasteiger partial charge in [-0.2, -0.15) is 0 Å². The van der Waals surface area contributed by atoms with E-state index in [0.29, 0.717) is 0 Å². The van der Waals surface area contributed by atoms with Gasteiger partial charge in [-0.05, 0) is 39.3 Å². The summed E-state index contributed by atoms with van der Waals surface area (Å²) in [5, 5.41) is 0. The SMILES string of the molecule is Cc1cc(C)cc(CN(C)C2(CN)CCCC2)c1. The predicted octanol–water partition coefficient (Wildman–Crippen LogP) is 3.01. The van der Waals surface area contributed by atoms with Crippen molar-refractivity contribution in [3.05, 3.63) is 34.9 Å². The normalized spacial score (nSPS) is 18.5. The molecule has 1 saturated carbocycles. The second-order valence-electron chi connectivity index (χ2n) is 5.99. The van der Waals surface area contributed by atoms with Crippen LogP contribution >= 0.6 is 0 Å². The molecule has 18 heavy (non-hydrogen) atoms. The molecule has 2 heteroatoms. The minimum absolute atomic E-state index is 0.248. The first-order valence-corrected chi connectivity index (χ1v) is 7.04. The third kappa shape index (κ3) is 2.76. The summed E-state index contributed by atoms with van der Waals surface area (Å²) >= 11 is 0. The predicted molar refractivity (Wildman–Crippen MR) is 77.6 cm³/mol. The van der Waals surface area contributed by atoms with Gasteiger partial charge in [0.1, 0.15) is 0 Å². The molecular formula is C16H26N2. The number of benzene rings is 1. The van der Waals surface area contributed by atoms with Crippen LogP contribution in [0.2, 0.25) is 0 Å². The number of nitrogens with two attached hydrogens (primary N) is 1. The summed E-state index contributed by atoms with van der Waals surface area (Å²) in [7, 11) is 2.23. The Bertz CT molecular complexity index is 385. The molecule has 1 aliphatic carbocycles. The second kappa shape index (κ2) is 5.41. The lowest BCUT2D eigenvalue weighted by atomic mass is 9.94. The lowest BCUT2D eigenvalue weighted by Gasteiger charge is -2.38. The van der Waals surface area contributed by atoms with E-state index in [0.717, 1.165) is 13.1 Å². The number of nitrogens with zero attached hydrogens (tertiary/aromatic N) is 1. The Kier molecular flexibility index (Phi) is 4.08. The number of rotatable bonds is 4. The molecule has 1 aromatic rings. The van der Waals surface area contributed by atoms with Gasteiger partial charge < -0.3 is 5.73 Å². The third-order valence-electron chi connectivity index (χ3n) is 4.43. The molecule has 0 aromatic heterocycles. The van der Waals surface area contributed by atoms with Gasteiger partial charge in [-0.15, -0.1) is 0 Å². The molecule has 0 aliphatic heterocycles. The highest BCUT2D eigenvalue weighted by atomic mass is 15.2. The maximum Gasteiger partial charge on any atom is 0.0332 e. The molecular weight excluding hydrogens is 220 g/mol. The zero-order chi connectivity index (χ0) is 13.2. The fraction of sp³-hybridized carbons (Fsp3) is 0.625. The highest BCUT2D eigenvalue weighted by molar-refractivity contribution is 5.28. The Labute approximate surface area is 111 Å². The quantitative estimate of drug-likeness (QED) is 0.885. The molecule has 1 aromatic carbocycles. The van der Waals surface area contributed by atoms with Gasteiger partial charge in [0.25, 0.3) is 0 Å². The van der Waals surface area contributed by atoms with Gasteiger partial charge in [-0.25, -0.2) is 0 Å². The van der Waals surface area contributed by atoms with E-state index in [9.17, 15) is 0 Å². The number of likely N-dealkylation sites (N-methyl/N-ethyl adjacent to an activating group) is 1. The van der Waals surface area contributed by atoms with Gasteiger partial charge in [0, 0.05) is 18.6 Å². The average molecular weight is 246 g/mol. The molecule has 0 saturated heterocycles. The Morgan fingerprint density at radius 2 is 1.67 bits per heavy atom. The van der Waals surface area contributed by atoms with Gasteiger partial charge >= 0.3 is 0 Å². The van der Waals surface area contributed by atoms with E-state index in [1.165, 1.54) is 42.4 Å². The van der Waals surface area contributed by atoms with Crippen molar-refractivity contribution < 1.29 is 0 Å². The van der Waals surface area contributed by atoms with Crippen LogP contribution in [-0.4, -0.2) is 24.0 Å². The van der Waals surface area contributed by atoms with Crippen molar-refractivity contribution in [2.45, 2.75) is 51.6 Å². The topological polar surface area (TPSA) is 29.3 Å². The lowest BCUT2D eigenvalue weighted by molar-refractivity contribution is 0.124. The largest absolute Gasteiger partial charge is 0.329 e. The molecule has 1 fully saturated rings. The molecule has 2 N–H and O–H groups in total. The maximum atomic E-state index is 6.04. The minimum Gasteiger partial charge on any atom is -0.329 e. The van der Waals surface area contributed by atoms with Crippen molar-refractivity contribution in [1.82, 2.24) is 4.90 Å². The summed E-state index contributed by atoms with van der Waals surface area (Å²) in [4.78, 5) is 2.48. The highest BCUT2D eigenvalue weighted by Gasteiger charge is 2.36. The molecule has 0 radical (unpaired) electrons.